The topological polar surface area (TPSA) is 24.4 Å². The van der Waals surface area contributed by atoms with Crippen LogP contribution in [0.2, 0.25) is 13.1 Å². The van der Waals surface area contributed by atoms with Gasteiger partial charge in [0.2, 0.25) is 8.40 Å². The lowest BCUT2D eigenvalue weighted by molar-refractivity contribution is 0.512. The predicted octanol–water partition coefficient (Wildman–Crippen LogP) is 3.81. The van der Waals surface area contributed by atoms with Crippen LogP contribution < -0.4 is 4.98 Å². The van der Waals surface area contributed by atoms with E-state index in [2.05, 4.69) is 77.1 Å². The van der Waals surface area contributed by atoms with Crippen molar-refractivity contribution in [2.75, 3.05) is 0 Å². The van der Waals surface area contributed by atoms with Gasteiger partial charge in [-0.15, -0.1) is 0 Å². The second kappa shape index (κ2) is 5.37. The molecule has 0 heterocycles. The molecule has 0 radical (unpaired) electrons. The first-order chi connectivity index (χ1) is 8.11. The molecule has 3 heteroatoms. The minimum absolute atomic E-state index is 0.119. The molecule has 2 nitrogen and oxygen atoms in total. The second-order valence-corrected chi connectivity index (χ2v) is 10.1. The van der Waals surface area contributed by atoms with E-state index in [9.17, 15) is 0 Å². The molecule has 0 bridgehead atoms. The van der Waals surface area contributed by atoms with Crippen molar-refractivity contribution in [3.63, 3.8) is 0 Å². The molecule has 0 amide bonds. The van der Waals surface area contributed by atoms with Gasteiger partial charge in [-0.25, -0.2) is 0 Å². The van der Waals surface area contributed by atoms with Gasteiger partial charge in [0.05, 0.1) is 0 Å². The van der Waals surface area contributed by atoms with Crippen LogP contribution >= 0.6 is 0 Å². The molecular formula is C15H26N2Si. The van der Waals surface area contributed by atoms with Gasteiger partial charge in [-0.1, -0.05) is 18.2 Å². The van der Waals surface area contributed by atoms with Crippen LogP contribution in [-0.4, -0.2) is 20.2 Å². The van der Waals surface area contributed by atoms with E-state index in [-0.39, 0.29) is 5.54 Å². The van der Waals surface area contributed by atoms with E-state index in [1.54, 1.807) is 0 Å². The number of aryl methyl sites for hydroxylation is 2. The summed E-state index contributed by atoms with van der Waals surface area (Å²) in [5, 5.41) is 0. The van der Waals surface area contributed by atoms with Gasteiger partial charge < -0.3 is 9.64 Å². The molecule has 0 fully saturated rings. The van der Waals surface area contributed by atoms with Crippen LogP contribution in [0.4, 0.5) is 0 Å². The third-order valence-corrected chi connectivity index (χ3v) is 4.88. The van der Waals surface area contributed by atoms with E-state index < -0.39 is 8.40 Å². The maximum atomic E-state index is 4.84. The van der Waals surface area contributed by atoms with Crippen LogP contribution in [0.15, 0.2) is 22.9 Å². The first-order valence-corrected chi connectivity index (χ1v) is 9.46. The standard InChI is InChI=1S/C15H26N2Si/c1-12-9-8-10-13(2)14(12)11-16-18(6,7)17-15(3,4)5/h8-11,17H,1-7H3/b16-11+. The van der Waals surface area contributed by atoms with Crippen molar-refractivity contribution in [1.29, 1.82) is 0 Å². The van der Waals surface area contributed by atoms with E-state index in [4.69, 9.17) is 4.66 Å². The summed E-state index contributed by atoms with van der Waals surface area (Å²) in [6, 6.07) is 6.37. The summed E-state index contributed by atoms with van der Waals surface area (Å²) in [5.41, 5.74) is 3.96. The van der Waals surface area contributed by atoms with E-state index in [1.807, 2.05) is 0 Å². The zero-order valence-electron chi connectivity index (χ0n) is 12.8. The Hall–Kier alpha value is -0.933. The molecule has 1 rings (SSSR count). The van der Waals surface area contributed by atoms with Crippen LogP contribution in [0.3, 0.4) is 0 Å². The molecule has 1 N–H and O–H groups in total. The average Bonchev–Trinajstić information content (AvgIpc) is 2.12. The molecule has 18 heavy (non-hydrogen) atoms. The second-order valence-electron chi connectivity index (χ2n) is 6.50. The SMILES string of the molecule is Cc1cccc(C)c1/C=N/[Si](C)(C)NC(C)(C)C. The van der Waals surface area contributed by atoms with Gasteiger partial charge in [0.25, 0.3) is 0 Å². The summed E-state index contributed by atoms with van der Waals surface area (Å²) in [6.45, 7) is 15.3. The number of hydrogen-bond donors (Lipinski definition) is 1. The summed E-state index contributed by atoms with van der Waals surface area (Å²) < 4.78 is 4.84. The van der Waals surface area contributed by atoms with Crippen LogP contribution in [0.1, 0.15) is 37.5 Å². The smallest absolute Gasteiger partial charge is 0.247 e. The predicted molar refractivity (Wildman–Crippen MR) is 83.9 cm³/mol. The first kappa shape index (κ1) is 15.1. The lowest BCUT2D eigenvalue weighted by Gasteiger charge is -2.29. The van der Waals surface area contributed by atoms with Crippen molar-refractivity contribution in [3.05, 3.63) is 34.9 Å². The third kappa shape index (κ3) is 4.74. The number of nitrogens with one attached hydrogen (secondary N) is 1. The average molecular weight is 262 g/mol. The lowest BCUT2D eigenvalue weighted by atomic mass is 10.0. The molecule has 0 aliphatic carbocycles. The Morgan fingerprint density at radius 1 is 1.11 bits per heavy atom. The highest BCUT2D eigenvalue weighted by Crippen LogP contribution is 2.13. The van der Waals surface area contributed by atoms with E-state index >= 15 is 0 Å². The van der Waals surface area contributed by atoms with Crippen molar-refractivity contribution in [3.8, 4) is 0 Å². The number of rotatable bonds is 3. The van der Waals surface area contributed by atoms with Crippen molar-refractivity contribution < 1.29 is 0 Å². The number of nitrogens with zero attached hydrogens (tertiary/aromatic N) is 1. The molecule has 0 saturated carbocycles. The van der Waals surface area contributed by atoms with Gasteiger partial charge in [0, 0.05) is 11.8 Å². The third-order valence-electron chi connectivity index (χ3n) is 2.74. The Bertz CT molecular complexity index is 422. The van der Waals surface area contributed by atoms with E-state index in [0.29, 0.717) is 0 Å². The normalized spacial score (nSPS) is 13.3. The largest absolute Gasteiger partial charge is 0.315 e. The lowest BCUT2D eigenvalue weighted by Crippen LogP contribution is -2.53. The Labute approximate surface area is 113 Å². The highest BCUT2D eigenvalue weighted by Gasteiger charge is 2.25. The van der Waals surface area contributed by atoms with Gasteiger partial charge in [-0.3, -0.25) is 0 Å². The fraction of sp³-hybridized carbons (Fsp3) is 0.533. The van der Waals surface area contributed by atoms with Gasteiger partial charge in [-0.05, 0) is 64.4 Å². The minimum Gasteiger partial charge on any atom is -0.315 e. The van der Waals surface area contributed by atoms with Gasteiger partial charge in [0.15, 0.2) is 0 Å². The van der Waals surface area contributed by atoms with Gasteiger partial charge in [0.1, 0.15) is 0 Å². The monoisotopic (exact) mass is 262 g/mol. The Morgan fingerprint density at radius 3 is 2.06 bits per heavy atom. The zero-order valence-corrected chi connectivity index (χ0v) is 13.8. The van der Waals surface area contributed by atoms with E-state index in [1.165, 1.54) is 16.7 Å². The molecule has 1 aromatic rings. The summed E-state index contributed by atoms with van der Waals surface area (Å²) in [4.78, 5) is 3.65. The number of hydrogen-bond acceptors (Lipinski definition) is 2. The Morgan fingerprint density at radius 2 is 1.61 bits per heavy atom. The van der Waals surface area contributed by atoms with Crippen LogP contribution in [-0.2, 0) is 0 Å². The summed E-state index contributed by atoms with van der Waals surface area (Å²) in [7, 11) is -1.75. The molecule has 1 aromatic carbocycles. The summed E-state index contributed by atoms with van der Waals surface area (Å²) in [6.07, 6.45) is 2.05. The van der Waals surface area contributed by atoms with Gasteiger partial charge in [-0.2, -0.15) is 0 Å². The minimum atomic E-state index is -1.75. The zero-order chi connectivity index (χ0) is 14.0. The quantitative estimate of drug-likeness (QED) is 0.650. The van der Waals surface area contributed by atoms with Crippen LogP contribution in [0.5, 0.6) is 0 Å². The van der Waals surface area contributed by atoms with Crippen LogP contribution in [0.25, 0.3) is 0 Å². The summed E-state index contributed by atoms with van der Waals surface area (Å²) in [5.74, 6) is 0. The fourth-order valence-corrected chi connectivity index (χ4v) is 4.56. The Kier molecular flexibility index (Phi) is 4.51. The van der Waals surface area contributed by atoms with Crippen LogP contribution in [0, 0.1) is 13.8 Å². The highest BCUT2D eigenvalue weighted by atomic mass is 28.3. The molecule has 100 valence electrons. The fourth-order valence-electron chi connectivity index (χ4n) is 2.21. The van der Waals surface area contributed by atoms with Crippen molar-refractivity contribution in [2.45, 2.75) is 53.3 Å². The van der Waals surface area contributed by atoms with Crippen molar-refractivity contribution in [2.24, 2.45) is 4.66 Å². The van der Waals surface area contributed by atoms with Crippen molar-refractivity contribution >= 4 is 14.6 Å². The molecule has 0 atom stereocenters. The number of benzene rings is 1. The first-order valence-electron chi connectivity index (χ1n) is 6.51. The van der Waals surface area contributed by atoms with Gasteiger partial charge >= 0.3 is 0 Å². The molecule has 0 aromatic heterocycles. The summed E-state index contributed by atoms with van der Waals surface area (Å²) >= 11 is 0. The van der Waals surface area contributed by atoms with E-state index in [0.717, 1.165) is 0 Å². The maximum Gasteiger partial charge on any atom is 0.247 e. The molecule has 0 spiro atoms. The maximum absolute atomic E-state index is 4.84. The molecular weight excluding hydrogens is 236 g/mol. The molecule has 0 aliphatic heterocycles. The molecule has 0 unspecified atom stereocenters. The molecule has 0 saturated heterocycles. The highest BCUT2D eigenvalue weighted by molar-refractivity contribution is 6.74. The molecule has 0 aliphatic rings. The van der Waals surface area contributed by atoms with Crippen molar-refractivity contribution in [1.82, 2.24) is 4.98 Å². The Balaban J connectivity index is 2.93.